The number of aliphatic hydroxyl groups excluding tert-OH is 1. The zero-order valence-corrected chi connectivity index (χ0v) is 65.0. The molecule has 0 aromatic heterocycles. The third-order valence-electron chi connectivity index (χ3n) is 17.9. The molecule has 98 heavy (non-hydrogen) atoms. The lowest BCUT2D eigenvalue weighted by molar-refractivity contribution is -0.161. The SMILES string of the molecule is CCCCCC/C=C\CCCCCCCCCC(=O)O[C@H](COC(=O)CCCCCCCCCCCCCCCCC)COP(=O)(O)OC[C@H](O)COP(=O)(O)OC[C@@H](COC(=O)CCCCCCC/C=C\CCCCCCCC)OC(=O)CCCCCCCCCCCCCCC. The number of rotatable bonds is 78. The number of phosphoric acid groups is 2. The van der Waals surface area contributed by atoms with Gasteiger partial charge in [0.25, 0.3) is 0 Å². The molecule has 0 spiro atoms. The van der Waals surface area contributed by atoms with Crippen LogP contribution in [-0.2, 0) is 65.4 Å². The molecular formula is C79H150O17P2. The molecule has 5 atom stereocenters. The number of allylic oxidation sites excluding steroid dienone is 4. The Morgan fingerprint density at radius 1 is 0.276 bits per heavy atom. The number of hydrogen-bond donors (Lipinski definition) is 3. The third-order valence-corrected chi connectivity index (χ3v) is 19.8. The predicted octanol–water partition coefficient (Wildman–Crippen LogP) is 23.3. The summed E-state index contributed by atoms with van der Waals surface area (Å²) in [6.07, 6.45) is 67.2. The molecule has 0 aromatic carbocycles. The van der Waals surface area contributed by atoms with E-state index in [2.05, 4.69) is 52.0 Å². The van der Waals surface area contributed by atoms with Crippen molar-refractivity contribution in [3.63, 3.8) is 0 Å². The van der Waals surface area contributed by atoms with Gasteiger partial charge in [-0.2, -0.15) is 0 Å². The molecule has 0 saturated carbocycles. The Labute approximate surface area is 599 Å². The molecule has 17 nitrogen and oxygen atoms in total. The average molecular weight is 1430 g/mol. The van der Waals surface area contributed by atoms with E-state index in [1.165, 1.54) is 186 Å². The maximum Gasteiger partial charge on any atom is 0.472 e. The van der Waals surface area contributed by atoms with Crippen LogP contribution in [-0.4, -0.2) is 96.7 Å². The number of phosphoric ester groups is 2. The van der Waals surface area contributed by atoms with Gasteiger partial charge in [-0.25, -0.2) is 9.13 Å². The second-order valence-corrected chi connectivity index (χ2v) is 30.6. The highest BCUT2D eigenvalue weighted by Gasteiger charge is 2.30. The number of carbonyl (C=O) groups excluding carboxylic acids is 4. The van der Waals surface area contributed by atoms with E-state index < -0.39 is 97.5 Å². The summed E-state index contributed by atoms with van der Waals surface area (Å²) in [4.78, 5) is 73.0. The van der Waals surface area contributed by atoms with Gasteiger partial charge in [0.05, 0.1) is 26.4 Å². The number of carbonyl (C=O) groups is 4. The number of esters is 4. The lowest BCUT2D eigenvalue weighted by atomic mass is 10.0. The summed E-state index contributed by atoms with van der Waals surface area (Å²) in [7, 11) is -9.93. The van der Waals surface area contributed by atoms with Crippen LogP contribution in [0.1, 0.15) is 400 Å². The van der Waals surface area contributed by atoms with Crippen molar-refractivity contribution in [3.05, 3.63) is 24.3 Å². The summed E-state index contributed by atoms with van der Waals surface area (Å²) in [5, 5.41) is 10.6. The minimum atomic E-state index is -4.96. The Morgan fingerprint density at radius 3 is 0.714 bits per heavy atom. The van der Waals surface area contributed by atoms with Crippen LogP contribution in [0, 0.1) is 0 Å². The Kier molecular flexibility index (Phi) is 71.0. The van der Waals surface area contributed by atoms with Gasteiger partial charge in [-0.3, -0.25) is 37.3 Å². The highest BCUT2D eigenvalue weighted by Crippen LogP contribution is 2.45. The summed E-state index contributed by atoms with van der Waals surface area (Å²) in [6.45, 7) is 4.96. The smallest absolute Gasteiger partial charge is 0.462 e. The van der Waals surface area contributed by atoms with Crippen LogP contribution < -0.4 is 0 Å². The van der Waals surface area contributed by atoms with Crippen LogP contribution in [0.3, 0.4) is 0 Å². The summed E-state index contributed by atoms with van der Waals surface area (Å²) in [6, 6.07) is 0. The average Bonchev–Trinajstić information content (AvgIpc) is 0.984. The van der Waals surface area contributed by atoms with E-state index in [4.69, 9.17) is 37.0 Å². The predicted molar refractivity (Wildman–Crippen MR) is 400 cm³/mol. The Morgan fingerprint density at radius 2 is 0.469 bits per heavy atom. The summed E-state index contributed by atoms with van der Waals surface area (Å²) >= 11 is 0. The standard InChI is InChI=1S/C79H150O17P2/c1-5-9-13-17-21-25-29-33-36-40-43-47-51-55-59-63-76(81)89-69-74(95-78(83)65-61-57-53-49-45-39-32-28-24-20-16-12-8-4)71-93-97(85,86)91-67-73(80)68-92-98(87,88)94-72-75(96-79(84)66-62-58-54-50-46-42-38-35-31-27-23-19-15-11-7-3)70-90-77(82)64-60-56-52-48-44-41-37-34-30-26-22-18-14-10-6-2/h27,31,33,36,73-75,80H,5-26,28-30,32,34-35,37-72H2,1-4H3,(H,85,86)(H,87,88)/b31-27-,36-33-/t73-,74-,75-/m1/s1. The molecule has 0 aliphatic heterocycles. The third kappa shape index (κ3) is 71.9. The lowest BCUT2D eigenvalue weighted by Crippen LogP contribution is -2.30. The lowest BCUT2D eigenvalue weighted by Gasteiger charge is -2.21. The van der Waals surface area contributed by atoms with Gasteiger partial charge in [0.15, 0.2) is 12.2 Å². The fourth-order valence-corrected chi connectivity index (χ4v) is 13.3. The maximum absolute atomic E-state index is 13.1. The van der Waals surface area contributed by atoms with Crippen molar-refractivity contribution in [2.45, 2.75) is 418 Å². The fraction of sp³-hybridized carbons (Fsp3) is 0.899. The first-order valence-corrected chi connectivity index (χ1v) is 43.6. The van der Waals surface area contributed by atoms with Gasteiger partial charge in [0, 0.05) is 25.7 Å². The molecule has 0 aromatic rings. The molecule has 0 radical (unpaired) electrons. The number of aliphatic hydroxyl groups is 1. The molecule has 0 rings (SSSR count). The van der Waals surface area contributed by atoms with Gasteiger partial charge < -0.3 is 33.8 Å². The molecule has 3 N–H and O–H groups in total. The van der Waals surface area contributed by atoms with Gasteiger partial charge in [-0.15, -0.1) is 0 Å². The van der Waals surface area contributed by atoms with E-state index >= 15 is 0 Å². The van der Waals surface area contributed by atoms with Crippen LogP contribution in [0.15, 0.2) is 24.3 Å². The molecule has 0 aliphatic rings. The molecule has 19 heteroatoms. The van der Waals surface area contributed by atoms with E-state index in [0.29, 0.717) is 25.7 Å². The van der Waals surface area contributed by atoms with Gasteiger partial charge >= 0.3 is 39.5 Å². The Hall–Kier alpha value is -2.46. The highest BCUT2D eigenvalue weighted by atomic mass is 31.2. The fourth-order valence-electron chi connectivity index (χ4n) is 11.7. The number of unbranched alkanes of at least 4 members (excludes halogenated alkanes) is 48. The van der Waals surface area contributed by atoms with E-state index in [-0.39, 0.29) is 25.7 Å². The molecule has 0 fully saturated rings. The summed E-state index contributed by atoms with van der Waals surface area (Å²) in [5.74, 6) is -2.14. The van der Waals surface area contributed by atoms with Crippen LogP contribution in [0.2, 0.25) is 0 Å². The van der Waals surface area contributed by atoms with Crippen molar-refractivity contribution in [2.75, 3.05) is 39.6 Å². The molecule has 2 unspecified atom stereocenters. The minimum Gasteiger partial charge on any atom is -0.462 e. The second kappa shape index (κ2) is 72.9. The zero-order chi connectivity index (χ0) is 71.8. The summed E-state index contributed by atoms with van der Waals surface area (Å²) < 4.78 is 68.6. The Balaban J connectivity index is 5.29. The van der Waals surface area contributed by atoms with Crippen molar-refractivity contribution in [2.24, 2.45) is 0 Å². The zero-order valence-electron chi connectivity index (χ0n) is 63.2. The minimum absolute atomic E-state index is 0.0988. The van der Waals surface area contributed by atoms with Crippen LogP contribution in [0.25, 0.3) is 0 Å². The van der Waals surface area contributed by atoms with Crippen molar-refractivity contribution >= 4 is 39.5 Å². The largest absolute Gasteiger partial charge is 0.472 e. The number of ether oxygens (including phenoxy) is 4. The first-order chi connectivity index (χ1) is 47.7. The molecule has 0 amide bonds. The quantitative estimate of drug-likeness (QED) is 0.0169. The normalized spacial score (nSPS) is 14.0. The van der Waals surface area contributed by atoms with Crippen molar-refractivity contribution < 1.29 is 80.2 Å². The van der Waals surface area contributed by atoms with Crippen LogP contribution in [0.5, 0.6) is 0 Å². The van der Waals surface area contributed by atoms with E-state index in [9.17, 15) is 43.2 Å². The van der Waals surface area contributed by atoms with Gasteiger partial charge in [0.2, 0.25) is 0 Å². The maximum atomic E-state index is 13.1. The second-order valence-electron chi connectivity index (χ2n) is 27.7. The van der Waals surface area contributed by atoms with Crippen molar-refractivity contribution in [1.82, 2.24) is 0 Å². The van der Waals surface area contributed by atoms with Gasteiger partial charge in [-0.1, -0.05) is 322 Å². The van der Waals surface area contributed by atoms with Crippen LogP contribution in [0.4, 0.5) is 0 Å². The molecule has 578 valence electrons. The summed E-state index contributed by atoms with van der Waals surface area (Å²) in [5.41, 5.74) is 0. The highest BCUT2D eigenvalue weighted by molar-refractivity contribution is 7.47. The molecule has 0 aliphatic carbocycles. The number of hydrogen-bond acceptors (Lipinski definition) is 15. The molecular weight excluding hydrogens is 1280 g/mol. The van der Waals surface area contributed by atoms with E-state index in [1.54, 1.807) is 0 Å². The first-order valence-electron chi connectivity index (χ1n) is 40.6. The molecule has 0 saturated heterocycles. The van der Waals surface area contributed by atoms with Crippen molar-refractivity contribution in [1.29, 1.82) is 0 Å². The molecule has 0 heterocycles. The van der Waals surface area contributed by atoms with E-state index in [0.717, 1.165) is 135 Å². The Bertz CT molecular complexity index is 1950. The van der Waals surface area contributed by atoms with E-state index in [1.807, 2.05) is 0 Å². The van der Waals surface area contributed by atoms with Gasteiger partial charge in [-0.05, 0) is 77.0 Å². The van der Waals surface area contributed by atoms with Gasteiger partial charge in [0.1, 0.15) is 19.3 Å². The monoisotopic (exact) mass is 1430 g/mol. The molecule has 0 bridgehead atoms. The van der Waals surface area contributed by atoms with Crippen LogP contribution >= 0.6 is 15.6 Å². The first kappa shape index (κ1) is 95.5. The topological polar surface area (TPSA) is 237 Å². The van der Waals surface area contributed by atoms with Crippen molar-refractivity contribution in [3.8, 4) is 0 Å².